The first-order valence-electron chi connectivity index (χ1n) is 5.89. The second-order valence-corrected chi connectivity index (χ2v) is 5.46. The van der Waals surface area contributed by atoms with Gasteiger partial charge in [-0.25, -0.2) is 0 Å². The van der Waals surface area contributed by atoms with E-state index in [4.69, 9.17) is 0 Å². The summed E-state index contributed by atoms with van der Waals surface area (Å²) in [7, 11) is 0. The molecule has 18 heavy (non-hydrogen) atoms. The van der Waals surface area contributed by atoms with Gasteiger partial charge in [0.25, 0.3) is 0 Å². The second-order valence-electron chi connectivity index (χ2n) is 4.42. The zero-order valence-electron chi connectivity index (χ0n) is 9.58. The van der Waals surface area contributed by atoms with Crippen LogP contribution in [0.1, 0.15) is 16.5 Å². The molecule has 0 saturated heterocycles. The van der Waals surface area contributed by atoms with Crippen molar-refractivity contribution in [1.82, 2.24) is 19.8 Å². The van der Waals surface area contributed by atoms with Crippen molar-refractivity contribution in [3.8, 4) is 0 Å². The largest absolute Gasteiger partial charge is 0.384 e. The lowest BCUT2D eigenvalue weighted by atomic mass is 9.98. The average molecular weight is 257 g/mol. The molecule has 0 aliphatic carbocycles. The van der Waals surface area contributed by atoms with Gasteiger partial charge in [-0.05, 0) is 11.6 Å². The molecule has 0 spiro atoms. The number of hydrogen-bond donors (Lipinski definition) is 1. The molecule has 1 N–H and O–H groups in total. The number of hydrogen-bond acceptors (Lipinski definition) is 5. The van der Waals surface area contributed by atoms with E-state index >= 15 is 0 Å². The summed E-state index contributed by atoms with van der Waals surface area (Å²) < 4.78 is 1.74. The molecule has 90 valence electrons. The van der Waals surface area contributed by atoms with Gasteiger partial charge < -0.3 is 5.32 Å². The number of fused-ring (bicyclic) bond motifs is 2. The molecule has 6 heteroatoms. The Hall–Kier alpha value is -1.95. The Labute approximate surface area is 107 Å². The van der Waals surface area contributed by atoms with E-state index in [9.17, 15) is 0 Å². The van der Waals surface area contributed by atoms with Crippen LogP contribution in [-0.2, 0) is 6.42 Å². The first-order chi connectivity index (χ1) is 8.90. The number of nitrogens with zero attached hydrogens (tertiary/aromatic N) is 4. The predicted octanol–water partition coefficient (Wildman–Crippen LogP) is 1.94. The molecular weight excluding hydrogens is 246 g/mol. The van der Waals surface area contributed by atoms with Crippen LogP contribution in [0.15, 0.2) is 30.6 Å². The monoisotopic (exact) mass is 257 g/mol. The molecule has 0 saturated carbocycles. The van der Waals surface area contributed by atoms with Crippen LogP contribution in [0.2, 0.25) is 0 Å². The first-order valence-corrected chi connectivity index (χ1v) is 6.70. The molecule has 1 aromatic carbocycles. The van der Waals surface area contributed by atoms with Gasteiger partial charge in [-0.3, -0.25) is 0 Å². The Morgan fingerprint density at radius 2 is 2.33 bits per heavy atom. The van der Waals surface area contributed by atoms with E-state index in [1.54, 1.807) is 22.2 Å². The van der Waals surface area contributed by atoms with E-state index in [2.05, 4.69) is 44.9 Å². The van der Waals surface area contributed by atoms with Gasteiger partial charge in [0.2, 0.25) is 4.96 Å². The van der Waals surface area contributed by atoms with Gasteiger partial charge in [0, 0.05) is 24.6 Å². The Bertz CT molecular complexity index is 673. The molecule has 0 bridgehead atoms. The van der Waals surface area contributed by atoms with Crippen molar-refractivity contribution >= 4 is 22.0 Å². The van der Waals surface area contributed by atoms with Crippen LogP contribution in [-0.4, -0.2) is 26.4 Å². The van der Waals surface area contributed by atoms with Crippen molar-refractivity contribution < 1.29 is 0 Å². The molecule has 1 atom stereocenters. The number of rotatable bonds is 2. The summed E-state index contributed by atoms with van der Waals surface area (Å²) in [6, 6.07) is 8.49. The predicted molar refractivity (Wildman–Crippen MR) is 70.0 cm³/mol. The normalized spacial score (nSPS) is 17.9. The standard InChI is InChI=1S/C12H11N5S/c1-2-4-10-9(3-1)8(6-13-10)5-11-16-17-7-14-15-12(17)18-11/h1-4,7-8,13H,5-6H2. The minimum absolute atomic E-state index is 0.505. The molecule has 3 aromatic rings. The number of aromatic nitrogens is 4. The van der Waals surface area contributed by atoms with Crippen LogP contribution in [0.3, 0.4) is 0 Å². The highest BCUT2D eigenvalue weighted by Gasteiger charge is 2.23. The number of para-hydroxylation sites is 1. The second kappa shape index (κ2) is 3.78. The molecule has 1 aliphatic heterocycles. The van der Waals surface area contributed by atoms with Crippen LogP contribution in [0, 0.1) is 0 Å². The summed E-state index contributed by atoms with van der Waals surface area (Å²) in [6.45, 7) is 0.986. The van der Waals surface area contributed by atoms with E-state index < -0.39 is 0 Å². The summed E-state index contributed by atoms with van der Waals surface area (Å²) >= 11 is 1.62. The van der Waals surface area contributed by atoms with Crippen molar-refractivity contribution in [2.24, 2.45) is 0 Å². The molecular formula is C12H11N5S. The van der Waals surface area contributed by atoms with E-state index in [0.29, 0.717) is 5.92 Å². The Morgan fingerprint density at radius 1 is 1.39 bits per heavy atom. The summed E-state index contributed by atoms with van der Waals surface area (Å²) in [5, 5.41) is 16.9. The molecule has 3 heterocycles. The van der Waals surface area contributed by atoms with E-state index in [0.717, 1.165) is 22.9 Å². The van der Waals surface area contributed by atoms with E-state index in [1.165, 1.54) is 11.3 Å². The number of benzene rings is 1. The maximum atomic E-state index is 4.49. The molecule has 0 fully saturated rings. The third-order valence-corrected chi connectivity index (χ3v) is 4.22. The van der Waals surface area contributed by atoms with Gasteiger partial charge in [0.1, 0.15) is 11.3 Å². The maximum absolute atomic E-state index is 4.49. The third kappa shape index (κ3) is 1.49. The SMILES string of the molecule is c1ccc2c(c1)NCC2Cc1nn2cnnc2s1. The molecule has 4 rings (SSSR count). The molecule has 0 amide bonds. The fourth-order valence-corrected chi connectivity index (χ4v) is 3.33. The molecule has 1 unspecified atom stereocenters. The first kappa shape index (κ1) is 10.0. The molecule has 0 radical (unpaired) electrons. The highest BCUT2D eigenvalue weighted by Crippen LogP contribution is 2.33. The number of nitrogens with one attached hydrogen (secondary N) is 1. The van der Waals surface area contributed by atoms with Crippen LogP contribution in [0.4, 0.5) is 5.69 Å². The van der Waals surface area contributed by atoms with E-state index in [1.807, 2.05) is 0 Å². The Kier molecular flexibility index (Phi) is 2.10. The summed E-state index contributed by atoms with van der Waals surface area (Å²) in [5.74, 6) is 0.505. The van der Waals surface area contributed by atoms with E-state index in [-0.39, 0.29) is 0 Å². The Balaban J connectivity index is 1.64. The van der Waals surface area contributed by atoms with Gasteiger partial charge in [0.15, 0.2) is 0 Å². The lowest BCUT2D eigenvalue weighted by Crippen LogP contribution is -2.05. The van der Waals surface area contributed by atoms with Gasteiger partial charge in [-0.1, -0.05) is 29.5 Å². The molecule has 2 aromatic heterocycles. The quantitative estimate of drug-likeness (QED) is 0.762. The molecule has 1 aliphatic rings. The lowest BCUT2D eigenvalue weighted by Gasteiger charge is -2.06. The minimum Gasteiger partial charge on any atom is -0.384 e. The van der Waals surface area contributed by atoms with Crippen molar-refractivity contribution in [1.29, 1.82) is 0 Å². The van der Waals surface area contributed by atoms with Gasteiger partial charge in [-0.2, -0.15) is 9.61 Å². The highest BCUT2D eigenvalue weighted by atomic mass is 32.1. The third-order valence-electron chi connectivity index (χ3n) is 3.29. The number of anilines is 1. The van der Waals surface area contributed by atoms with Crippen molar-refractivity contribution in [2.45, 2.75) is 12.3 Å². The van der Waals surface area contributed by atoms with Crippen LogP contribution >= 0.6 is 11.3 Å². The van der Waals surface area contributed by atoms with Crippen LogP contribution in [0.25, 0.3) is 4.96 Å². The molecule has 5 nitrogen and oxygen atoms in total. The Morgan fingerprint density at radius 3 is 3.28 bits per heavy atom. The van der Waals surface area contributed by atoms with Crippen molar-refractivity contribution in [2.75, 3.05) is 11.9 Å². The van der Waals surface area contributed by atoms with Gasteiger partial charge >= 0.3 is 0 Å². The minimum atomic E-state index is 0.505. The average Bonchev–Trinajstić information content (AvgIpc) is 3.04. The maximum Gasteiger partial charge on any atom is 0.234 e. The summed E-state index contributed by atoms with van der Waals surface area (Å²) in [4.78, 5) is 0.865. The summed E-state index contributed by atoms with van der Waals surface area (Å²) in [6.07, 6.45) is 2.61. The van der Waals surface area contributed by atoms with Gasteiger partial charge in [0.05, 0.1) is 0 Å². The summed E-state index contributed by atoms with van der Waals surface area (Å²) in [5.41, 5.74) is 2.65. The smallest absolute Gasteiger partial charge is 0.234 e. The van der Waals surface area contributed by atoms with Crippen molar-refractivity contribution in [3.63, 3.8) is 0 Å². The highest BCUT2D eigenvalue weighted by molar-refractivity contribution is 7.16. The van der Waals surface area contributed by atoms with Crippen LogP contribution < -0.4 is 5.32 Å². The topological polar surface area (TPSA) is 55.1 Å². The fraction of sp³-hybridized carbons (Fsp3) is 0.250. The van der Waals surface area contributed by atoms with Gasteiger partial charge in [-0.15, -0.1) is 10.2 Å². The van der Waals surface area contributed by atoms with Crippen molar-refractivity contribution in [3.05, 3.63) is 41.2 Å². The fourth-order valence-electron chi connectivity index (χ4n) is 2.43. The van der Waals surface area contributed by atoms with Crippen LogP contribution in [0.5, 0.6) is 0 Å². The lowest BCUT2D eigenvalue weighted by molar-refractivity contribution is 0.731. The zero-order valence-corrected chi connectivity index (χ0v) is 10.4. The zero-order chi connectivity index (χ0) is 11.9.